The summed E-state index contributed by atoms with van der Waals surface area (Å²) in [5.41, 5.74) is 5.18. The Hall–Kier alpha value is -0.650. The minimum Gasteiger partial charge on any atom is -0.480 e. The molecule has 1 unspecified atom stereocenters. The third-order valence-electron chi connectivity index (χ3n) is 1.44. The average Bonchev–Trinajstić information content (AvgIpc) is 1.83. The van der Waals surface area contributed by atoms with Crippen molar-refractivity contribution in [2.24, 2.45) is 5.73 Å². The highest BCUT2D eigenvalue weighted by atomic mass is 16.6. The number of carboxylic acid groups (broad SMARTS) is 1. The van der Waals surface area contributed by atoms with Crippen LogP contribution < -0.4 is 5.73 Å². The van der Waals surface area contributed by atoms with Crippen LogP contribution in [0.2, 0.25) is 0 Å². The molecule has 0 aliphatic carbocycles. The molecule has 0 aromatic heterocycles. The van der Waals surface area contributed by atoms with E-state index >= 15 is 0 Å². The number of aliphatic carboxylic acids is 1. The van der Waals surface area contributed by atoms with Crippen molar-refractivity contribution in [1.82, 2.24) is 0 Å². The SMILES string of the molecule is NC(COC1COC1)C(=O)O. The number of ether oxygens (including phenoxy) is 2. The quantitative estimate of drug-likeness (QED) is 0.542. The molecule has 0 saturated carbocycles. The van der Waals surface area contributed by atoms with Crippen molar-refractivity contribution in [2.45, 2.75) is 12.1 Å². The van der Waals surface area contributed by atoms with Crippen LogP contribution in [-0.2, 0) is 14.3 Å². The summed E-state index contributed by atoms with van der Waals surface area (Å²) in [6.07, 6.45) is 0.0420. The van der Waals surface area contributed by atoms with Crippen molar-refractivity contribution in [3.8, 4) is 0 Å². The molecule has 5 heteroatoms. The summed E-state index contributed by atoms with van der Waals surface area (Å²) >= 11 is 0. The molecule has 1 aliphatic rings. The Bertz CT molecular complexity index is 146. The topological polar surface area (TPSA) is 81.8 Å². The van der Waals surface area contributed by atoms with Crippen molar-refractivity contribution < 1.29 is 19.4 Å². The van der Waals surface area contributed by atoms with Gasteiger partial charge in [0.05, 0.1) is 19.8 Å². The van der Waals surface area contributed by atoms with Gasteiger partial charge in [-0.25, -0.2) is 0 Å². The molecule has 1 saturated heterocycles. The molecule has 0 radical (unpaired) electrons. The fourth-order valence-corrected chi connectivity index (χ4v) is 0.621. The molecule has 0 spiro atoms. The lowest BCUT2D eigenvalue weighted by Gasteiger charge is -2.26. The van der Waals surface area contributed by atoms with Crippen molar-refractivity contribution in [1.29, 1.82) is 0 Å². The van der Waals surface area contributed by atoms with E-state index in [9.17, 15) is 4.79 Å². The standard InChI is InChI=1S/C6H11NO4/c7-5(6(8)9)3-11-4-1-10-2-4/h4-5H,1-3,7H2,(H,8,9). The molecule has 0 bridgehead atoms. The molecule has 1 rings (SSSR count). The maximum atomic E-state index is 10.2. The van der Waals surface area contributed by atoms with Crippen molar-refractivity contribution in [2.75, 3.05) is 19.8 Å². The summed E-state index contributed by atoms with van der Waals surface area (Å²) in [5.74, 6) is -1.04. The molecule has 11 heavy (non-hydrogen) atoms. The van der Waals surface area contributed by atoms with Gasteiger partial charge in [-0.15, -0.1) is 0 Å². The summed E-state index contributed by atoms with van der Waals surface area (Å²) in [6.45, 7) is 1.15. The molecule has 64 valence electrons. The number of hydrogen-bond donors (Lipinski definition) is 2. The van der Waals surface area contributed by atoms with Gasteiger partial charge in [0, 0.05) is 0 Å². The first-order valence-electron chi connectivity index (χ1n) is 3.38. The van der Waals surface area contributed by atoms with E-state index in [1.54, 1.807) is 0 Å². The van der Waals surface area contributed by atoms with E-state index in [4.69, 9.17) is 20.3 Å². The predicted octanol–water partition coefficient (Wildman–Crippen LogP) is -1.19. The summed E-state index contributed by atoms with van der Waals surface area (Å²) in [7, 11) is 0. The average molecular weight is 161 g/mol. The van der Waals surface area contributed by atoms with Gasteiger partial charge >= 0.3 is 5.97 Å². The second-order valence-corrected chi connectivity index (χ2v) is 2.44. The van der Waals surface area contributed by atoms with E-state index in [1.807, 2.05) is 0 Å². The monoisotopic (exact) mass is 161 g/mol. The predicted molar refractivity (Wildman–Crippen MR) is 36.2 cm³/mol. The normalized spacial score (nSPS) is 20.8. The van der Waals surface area contributed by atoms with Gasteiger partial charge in [-0.3, -0.25) is 4.79 Å². The molecule has 0 amide bonds. The first-order valence-corrected chi connectivity index (χ1v) is 3.38. The Labute approximate surface area is 64.1 Å². The fourth-order valence-electron chi connectivity index (χ4n) is 0.621. The van der Waals surface area contributed by atoms with Crippen molar-refractivity contribution in [3.63, 3.8) is 0 Å². The van der Waals surface area contributed by atoms with Crippen LogP contribution in [0.15, 0.2) is 0 Å². The van der Waals surface area contributed by atoms with Crippen LogP contribution in [0.1, 0.15) is 0 Å². The first-order chi connectivity index (χ1) is 5.20. The summed E-state index contributed by atoms with van der Waals surface area (Å²) in [4.78, 5) is 10.2. The number of carbonyl (C=O) groups is 1. The van der Waals surface area contributed by atoms with Gasteiger partial charge in [-0.2, -0.15) is 0 Å². The molecular weight excluding hydrogens is 150 g/mol. The molecule has 5 nitrogen and oxygen atoms in total. The van der Waals surface area contributed by atoms with Gasteiger partial charge in [-0.1, -0.05) is 0 Å². The van der Waals surface area contributed by atoms with Gasteiger partial charge in [-0.05, 0) is 0 Å². The summed E-state index contributed by atoms with van der Waals surface area (Å²) in [5, 5.41) is 8.35. The third kappa shape index (κ3) is 2.45. The maximum absolute atomic E-state index is 10.2. The van der Waals surface area contributed by atoms with Gasteiger partial charge in [0.2, 0.25) is 0 Å². The maximum Gasteiger partial charge on any atom is 0.322 e. The molecule has 1 aliphatic heterocycles. The van der Waals surface area contributed by atoms with Crippen LogP contribution >= 0.6 is 0 Å². The van der Waals surface area contributed by atoms with Crippen LogP contribution in [0.4, 0.5) is 0 Å². The molecular formula is C6H11NO4. The molecule has 1 heterocycles. The number of carboxylic acids is 1. The number of nitrogens with two attached hydrogens (primary N) is 1. The Morgan fingerprint density at radius 3 is 2.82 bits per heavy atom. The third-order valence-corrected chi connectivity index (χ3v) is 1.44. The Balaban J connectivity index is 2.05. The highest BCUT2D eigenvalue weighted by Gasteiger charge is 2.21. The fraction of sp³-hybridized carbons (Fsp3) is 0.833. The Morgan fingerprint density at radius 2 is 2.45 bits per heavy atom. The van der Waals surface area contributed by atoms with E-state index in [1.165, 1.54) is 0 Å². The molecule has 0 aromatic rings. The molecule has 1 fully saturated rings. The lowest BCUT2D eigenvalue weighted by molar-refractivity contribution is -0.149. The zero-order valence-corrected chi connectivity index (χ0v) is 6.03. The lowest BCUT2D eigenvalue weighted by atomic mass is 10.3. The number of rotatable bonds is 4. The van der Waals surface area contributed by atoms with Gasteiger partial charge in [0.15, 0.2) is 0 Å². The number of hydrogen-bond acceptors (Lipinski definition) is 4. The van der Waals surface area contributed by atoms with Crippen LogP contribution in [0.3, 0.4) is 0 Å². The Kier molecular flexibility index (Phi) is 2.81. The zero-order chi connectivity index (χ0) is 8.27. The highest BCUT2D eigenvalue weighted by Crippen LogP contribution is 2.04. The summed E-state index contributed by atoms with van der Waals surface area (Å²) in [6, 6.07) is -0.921. The van der Waals surface area contributed by atoms with Crippen LogP contribution in [0, 0.1) is 0 Å². The second-order valence-electron chi connectivity index (χ2n) is 2.44. The van der Waals surface area contributed by atoms with E-state index in [0.717, 1.165) is 0 Å². The van der Waals surface area contributed by atoms with Crippen LogP contribution in [-0.4, -0.2) is 43.0 Å². The van der Waals surface area contributed by atoms with E-state index in [0.29, 0.717) is 13.2 Å². The van der Waals surface area contributed by atoms with Crippen LogP contribution in [0.25, 0.3) is 0 Å². The van der Waals surface area contributed by atoms with Crippen molar-refractivity contribution in [3.05, 3.63) is 0 Å². The highest BCUT2D eigenvalue weighted by molar-refractivity contribution is 5.73. The molecule has 0 aromatic carbocycles. The Morgan fingerprint density at radius 1 is 1.82 bits per heavy atom. The molecule has 3 N–H and O–H groups in total. The first kappa shape index (κ1) is 8.45. The lowest BCUT2D eigenvalue weighted by Crippen LogP contribution is -2.42. The van der Waals surface area contributed by atoms with Crippen LogP contribution in [0.5, 0.6) is 0 Å². The van der Waals surface area contributed by atoms with E-state index in [2.05, 4.69) is 0 Å². The van der Waals surface area contributed by atoms with Gasteiger partial charge in [0.1, 0.15) is 12.1 Å². The minimum absolute atomic E-state index is 0.0420. The van der Waals surface area contributed by atoms with Gasteiger partial charge < -0.3 is 20.3 Å². The smallest absolute Gasteiger partial charge is 0.322 e. The molecule has 1 atom stereocenters. The minimum atomic E-state index is -1.04. The largest absolute Gasteiger partial charge is 0.480 e. The second kappa shape index (κ2) is 3.66. The van der Waals surface area contributed by atoms with Gasteiger partial charge in [0.25, 0.3) is 0 Å². The van der Waals surface area contributed by atoms with E-state index in [-0.39, 0.29) is 12.7 Å². The van der Waals surface area contributed by atoms with E-state index < -0.39 is 12.0 Å². The zero-order valence-electron chi connectivity index (χ0n) is 6.03. The summed E-state index contributed by atoms with van der Waals surface area (Å²) < 4.78 is 9.88. The van der Waals surface area contributed by atoms with Crippen molar-refractivity contribution >= 4 is 5.97 Å².